The Balaban J connectivity index is 1.34. The molecule has 7 heteroatoms. The van der Waals surface area contributed by atoms with Crippen LogP contribution in [0.25, 0.3) is 0 Å². The minimum atomic E-state index is 0.194. The predicted molar refractivity (Wildman–Crippen MR) is 102 cm³/mol. The molecule has 0 aromatic heterocycles. The van der Waals surface area contributed by atoms with Gasteiger partial charge in [-0.3, -0.25) is 0 Å². The Labute approximate surface area is 173 Å². The van der Waals surface area contributed by atoms with Crippen molar-refractivity contribution in [1.82, 2.24) is 0 Å². The van der Waals surface area contributed by atoms with Crippen molar-refractivity contribution in [2.45, 2.75) is 68.3 Å². The lowest BCUT2D eigenvalue weighted by Crippen LogP contribution is -3.18. The van der Waals surface area contributed by atoms with Gasteiger partial charge in [-0.2, -0.15) is 0 Å². The van der Waals surface area contributed by atoms with Crippen LogP contribution in [0.2, 0.25) is 0 Å². The Morgan fingerprint density at radius 1 is 0.690 bits per heavy atom. The maximum atomic E-state index is 6.13. The van der Waals surface area contributed by atoms with E-state index in [4.69, 9.17) is 28.4 Å². The van der Waals surface area contributed by atoms with Gasteiger partial charge in [-0.05, 0) is 25.2 Å². The lowest BCUT2D eigenvalue weighted by atomic mass is 9.53. The quantitative estimate of drug-likeness (QED) is 0.696. The lowest BCUT2D eigenvalue weighted by Gasteiger charge is -2.59. The summed E-state index contributed by atoms with van der Waals surface area (Å²) in [7, 11) is 6.18. The Kier molecular flexibility index (Phi) is 4.95. The maximum Gasteiger partial charge on any atom is 0.147 e. The van der Waals surface area contributed by atoms with Gasteiger partial charge in [-0.25, -0.2) is 0 Å². The van der Waals surface area contributed by atoms with E-state index in [2.05, 4.69) is 7.05 Å². The molecule has 6 fully saturated rings. The fourth-order valence-corrected chi connectivity index (χ4v) is 8.40. The van der Waals surface area contributed by atoms with E-state index in [1.807, 2.05) is 14.2 Å². The highest BCUT2D eigenvalue weighted by Gasteiger charge is 2.63. The SMILES string of the molecule is COC1CC2C3C(OC)CC4OCOC4C3C[NH+](C)C2C2CC3OCOC3CC12. The van der Waals surface area contributed by atoms with E-state index in [1.54, 1.807) is 4.90 Å². The normalized spacial score (nSPS) is 58.7. The van der Waals surface area contributed by atoms with Crippen LogP contribution in [-0.4, -0.2) is 84.1 Å². The molecule has 3 aliphatic heterocycles. The third-order valence-corrected chi connectivity index (χ3v) is 9.39. The van der Waals surface area contributed by atoms with Crippen LogP contribution in [0.3, 0.4) is 0 Å². The summed E-state index contributed by atoms with van der Waals surface area (Å²) >= 11 is 0. The molecular weight excluding hydrogens is 374 g/mol. The van der Waals surface area contributed by atoms with E-state index in [-0.39, 0.29) is 30.5 Å². The first kappa shape index (κ1) is 19.4. The van der Waals surface area contributed by atoms with E-state index >= 15 is 0 Å². The summed E-state index contributed by atoms with van der Waals surface area (Å²) in [5, 5.41) is 0. The number of methoxy groups -OCH3 is 2. The summed E-state index contributed by atoms with van der Waals surface area (Å²) in [6, 6.07) is 0.634. The molecule has 0 bridgehead atoms. The number of quaternary nitrogens is 1. The van der Waals surface area contributed by atoms with Gasteiger partial charge in [0.05, 0.1) is 56.3 Å². The third-order valence-electron chi connectivity index (χ3n) is 9.39. The first-order valence-electron chi connectivity index (χ1n) is 11.5. The molecule has 0 amide bonds. The van der Waals surface area contributed by atoms with Crippen molar-refractivity contribution in [3.8, 4) is 0 Å². The van der Waals surface area contributed by atoms with Crippen molar-refractivity contribution < 1.29 is 33.3 Å². The van der Waals surface area contributed by atoms with Gasteiger partial charge in [0.1, 0.15) is 13.6 Å². The molecule has 6 aliphatic rings. The zero-order valence-corrected chi connectivity index (χ0v) is 17.8. The molecule has 0 aromatic rings. The molecule has 0 radical (unpaired) electrons. The number of ether oxygens (including phenoxy) is 6. The molecule has 1 N–H and O–H groups in total. The summed E-state index contributed by atoms with van der Waals surface area (Å²) in [6.45, 7) is 2.04. The largest absolute Gasteiger partial charge is 0.381 e. The Bertz CT molecular complexity index is 620. The van der Waals surface area contributed by atoms with Crippen molar-refractivity contribution in [2.24, 2.45) is 29.6 Å². The fourth-order valence-electron chi connectivity index (χ4n) is 8.40. The van der Waals surface area contributed by atoms with Crippen LogP contribution in [0.15, 0.2) is 0 Å². The Morgan fingerprint density at radius 3 is 2.14 bits per heavy atom. The summed E-state index contributed by atoms with van der Waals surface area (Å²) in [4.78, 5) is 1.66. The van der Waals surface area contributed by atoms with Gasteiger partial charge in [0.25, 0.3) is 0 Å². The second kappa shape index (κ2) is 7.40. The number of rotatable bonds is 2. The molecular formula is C22H36NO6+. The average Bonchev–Trinajstić information content (AvgIpc) is 3.39. The number of likely N-dealkylation sites (tertiary alicyclic amines) is 1. The third kappa shape index (κ3) is 2.89. The number of hydrogen-bond acceptors (Lipinski definition) is 6. The van der Waals surface area contributed by atoms with Gasteiger partial charge < -0.3 is 33.3 Å². The van der Waals surface area contributed by atoms with Crippen LogP contribution in [0.5, 0.6) is 0 Å². The topological polar surface area (TPSA) is 59.8 Å². The van der Waals surface area contributed by atoms with E-state index in [0.29, 0.717) is 55.3 Å². The van der Waals surface area contributed by atoms with E-state index < -0.39 is 0 Å². The van der Waals surface area contributed by atoms with Gasteiger partial charge in [0, 0.05) is 44.3 Å². The summed E-state index contributed by atoms with van der Waals surface area (Å²) < 4.78 is 36.1. The molecule has 3 aliphatic carbocycles. The van der Waals surface area contributed by atoms with Crippen LogP contribution in [-0.2, 0) is 28.4 Å². The molecule has 6 rings (SSSR count). The predicted octanol–water partition coefficient (Wildman–Crippen LogP) is 0.0785. The minimum Gasteiger partial charge on any atom is -0.381 e. The molecule has 13 unspecified atom stereocenters. The van der Waals surface area contributed by atoms with Gasteiger partial charge in [0.2, 0.25) is 0 Å². The number of nitrogens with one attached hydrogen (secondary N) is 1. The molecule has 7 nitrogen and oxygen atoms in total. The summed E-state index contributed by atoms with van der Waals surface area (Å²) in [5.41, 5.74) is 0. The summed E-state index contributed by atoms with van der Waals surface area (Å²) in [6.07, 6.45) is 5.75. The first-order chi connectivity index (χ1) is 14.2. The van der Waals surface area contributed by atoms with E-state index in [0.717, 1.165) is 32.2 Å². The second-order valence-corrected chi connectivity index (χ2v) is 10.3. The van der Waals surface area contributed by atoms with Gasteiger partial charge >= 0.3 is 0 Å². The standard InChI is InChI=1S/C22H35NO6/c1-23-8-14-20(18(25-3)7-19-22(14)29-10-28-19)13-6-15(24-2)11-4-16-17(27-9-26-16)5-12(11)21(13)23/h11-22H,4-10H2,1-3H3/p+1. The number of hydrogen-bond donors (Lipinski definition) is 1. The number of fused-ring (bicyclic) bond motifs is 8. The van der Waals surface area contributed by atoms with Crippen molar-refractivity contribution >= 4 is 0 Å². The van der Waals surface area contributed by atoms with Crippen molar-refractivity contribution in [3.63, 3.8) is 0 Å². The molecule has 13 atom stereocenters. The molecule has 164 valence electrons. The molecule has 29 heavy (non-hydrogen) atoms. The van der Waals surface area contributed by atoms with Crippen LogP contribution in [0, 0.1) is 29.6 Å². The summed E-state index contributed by atoms with van der Waals surface area (Å²) in [5.74, 6) is 2.80. The second-order valence-electron chi connectivity index (χ2n) is 10.3. The molecule has 3 heterocycles. The maximum absolute atomic E-state index is 6.13. The Hall–Kier alpha value is -0.280. The minimum absolute atomic E-state index is 0.194. The van der Waals surface area contributed by atoms with Crippen LogP contribution >= 0.6 is 0 Å². The lowest BCUT2D eigenvalue weighted by molar-refractivity contribution is -0.929. The van der Waals surface area contributed by atoms with Crippen LogP contribution in [0.1, 0.15) is 25.7 Å². The van der Waals surface area contributed by atoms with Gasteiger partial charge in [-0.15, -0.1) is 0 Å². The van der Waals surface area contributed by atoms with E-state index in [1.165, 1.54) is 0 Å². The van der Waals surface area contributed by atoms with Gasteiger partial charge in [0.15, 0.2) is 0 Å². The highest BCUT2D eigenvalue weighted by atomic mass is 16.7. The van der Waals surface area contributed by atoms with Crippen molar-refractivity contribution in [3.05, 3.63) is 0 Å². The highest BCUT2D eigenvalue weighted by Crippen LogP contribution is 2.53. The molecule has 0 aromatic carbocycles. The zero-order chi connectivity index (χ0) is 19.7. The monoisotopic (exact) mass is 410 g/mol. The average molecular weight is 411 g/mol. The molecule has 0 spiro atoms. The van der Waals surface area contributed by atoms with Gasteiger partial charge in [-0.1, -0.05) is 0 Å². The fraction of sp³-hybridized carbons (Fsp3) is 1.00. The van der Waals surface area contributed by atoms with Crippen LogP contribution in [0.4, 0.5) is 0 Å². The van der Waals surface area contributed by atoms with Crippen LogP contribution < -0.4 is 4.90 Å². The number of piperidine rings is 1. The highest BCUT2D eigenvalue weighted by molar-refractivity contribution is 5.08. The zero-order valence-electron chi connectivity index (χ0n) is 17.8. The van der Waals surface area contributed by atoms with Crippen molar-refractivity contribution in [2.75, 3.05) is 41.4 Å². The molecule has 3 saturated carbocycles. The first-order valence-corrected chi connectivity index (χ1v) is 11.5. The smallest absolute Gasteiger partial charge is 0.147 e. The molecule has 3 saturated heterocycles. The van der Waals surface area contributed by atoms with E-state index in [9.17, 15) is 0 Å². The van der Waals surface area contributed by atoms with Crippen molar-refractivity contribution in [1.29, 1.82) is 0 Å². The Morgan fingerprint density at radius 2 is 1.38 bits per heavy atom.